The lowest BCUT2D eigenvalue weighted by Crippen LogP contribution is -2.18. The molecule has 0 amide bonds. The molecular weight excluding hydrogens is 337 g/mol. The van der Waals surface area contributed by atoms with Gasteiger partial charge in [0.05, 0.1) is 23.7 Å². The normalized spacial score (nSPS) is 12.2. The first-order chi connectivity index (χ1) is 10.7. The predicted octanol–water partition coefficient (Wildman–Crippen LogP) is 2.46. The van der Waals surface area contributed by atoms with Crippen LogP contribution in [-0.4, -0.2) is 36.0 Å². The number of carbonyl (C=O) groups is 1. The van der Waals surface area contributed by atoms with E-state index < -0.39 is 22.1 Å². The summed E-state index contributed by atoms with van der Waals surface area (Å²) in [5.41, 5.74) is 0.221. The van der Waals surface area contributed by atoms with E-state index in [1.165, 1.54) is 25.4 Å². The van der Waals surface area contributed by atoms with E-state index in [1.54, 1.807) is 0 Å². The number of halogens is 3. The van der Waals surface area contributed by atoms with Gasteiger partial charge in [0.25, 0.3) is 10.0 Å². The molecule has 2 rings (SSSR count). The van der Waals surface area contributed by atoms with Crippen LogP contribution < -0.4 is 4.74 Å². The fraction of sp³-hybridized carbons (Fsp3) is 0.231. The van der Waals surface area contributed by atoms with Gasteiger partial charge in [0.2, 0.25) is 0 Å². The van der Waals surface area contributed by atoms with E-state index in [4.69, 9.17) is 0 Å². The fourth-order valence-corrected chi connectivity index (χ4v) is 2.49. The van der Waals surface area contributed by atoms with Crippen LogP contribution in [0.25, 0.3) is 11.1 Å². The SMILES string of the molecule is CCS(=O)(=O)n1cc(-c2ccc(C=O)c(OC(F)(F)F)c2)cn1. The van der Waals surface area contributed by atoms with Gasteiger partial charge in [-0.1, -0.05) is 6.07 Å². The summed E-state index contributed by atoms with van der Waals surface area (Å²) in [6.45, 7) is 1.44. The summed E-state index contributed by atoms with van der Waals surface area (Å²) in [5, 5.41) is 3.68. The third kappa shape index (κ3) is 3.89. The number of carbonyl (C=O) groups excluding carboxylic acids is 1. The Bertz CT molecular complexity index is 828. The Morgan fingerprint density at radius 2 is 2.00 bits per heavy atom. The van der Waals surface area contributed by atoms with Crippen molar-refractivity contribution in [2.45, 2.75) is 13.3 Å². The molecule has 0 aliphatic rings. The second-order valence-electron chi connectivity index (χ2n) is 4.42. The molecule has 0 aliphatic carbocycles. The number of rotatable bonds is 5. The van der Waals surface area contributed by atoms with E-state index in [0.717, 1.165) is 16.2 Å². The van der Waals surface area contributed by atoms with Gasteiger partial charge in [-0.3, -0.25) is 4.79 Å². The first kappa shape index (κ1) is 17.0. The molecule has 0 saturated heterocycles. The van der Waals surface area contributed by atoms with Crippen molar-refractivity contribution in [1.29, 1.82) is 0 Å². The van der Waals surface area contributed by atoms with E-state index >= 15 is 0 Å². The van der Waals surface area contributed by atoms with Gasteiger partial charge in [-0.05, 0) is 24.6 Å². The number of hydrogen-bond acceptors (Lipinski definition) is 5. The maximum atomic E-state index is 12.4. The lowest BCUT2D eigenvalue weighted by Gasteiger charge is -2.11. The van der Waals surface area contributed by atoms with Gasteiger partial charge in [-0.15, -0.1) is 13.2 Å². The van der Waals surface area contributed by atoms with Gasteiger partial charge in [0, 0.05) is 5.56 Å². The molecule has 2 aromatic rings. The van der Waals surface area contributed by atoms with Crippen molar-refractivity contribution < 1.29 is 31.1 Å². The standard InChI is InChI=1S/C13H11F3N2O4S/c1-2-23(20,21)18-7-11(6-17-18)9-3-4-10(8-19)12(5-9)22-13(14,15)16/h3-8H,2H2,1H3. The monoisotopic (exact) mass is 348 g/mol. The summed E-state index contributed by atoms with van der Waals surface area (Å²) in [6.07, 6.45) is -2.35. The highest BCUT2D eigenvalue weighted by Gasteiger charge is 2.32. The van der Waals surface area contributed by atoms with E-state index in [-0.39, 0.29) is 28.7 Å². The van der Waals surface area contributed by atoms with Crippen molar-refractivity contribution in [2.24, 2.45) is 0 Å². The molecule has 0 fully saturated rings. The number of alkyl halides is 3. The quantitative estimate of drug-likeness (QED) is 0.776. The zero-order valence-corrected chi connectivity index (χ0v) is 12.6. The second-order valence-corrected chi connectivity index (χ2v) is 6.54. The highest BCUT2D eigenvalue weighted by molar-refractivity contribution is 7.89. The van der Waals surface area contributed by atoms with Crippen LogP contribution in [0, 0.1) is 0 Å². The molecule has 1 aromatic heterocycles. The maximum absolute atomic E-state index is 12.4. The van der Waals surface area contributed by atoms with Crippen molar-refractivity contribution in [2.75, 3.05) is 5.75 Å². The number of benzene rings is 1. The average Bonchev–Trinajstić information content (AvgIpc) is 2.96. The maximum Gasteiger partial charge on any atom is 0.573 e. The molecule has 0 atom stereocenters. The van der Waals surface area contributed by atoms with Crippen LogP contribution in [0.2, 0.25) is 0 Å². The molecular formula is C13H11F3N2O4S. The number of nitrogens with zero attached hydrogens (tertiary/aromatic N) is 2. The van der Waals surface area contributed by atoms with Crippen LogP contribution in [-0.2, 0) is 10.0 Å². The molecule has 124 valence electrons. The van der Waals surface area contributed by atoms with Gasteiger partial charge >= 0.3 is 6.36 Å². The summed E-state index contributed by atoms with van der Waals surface area (Å²) < 4.78 is 65.0. The molecule has 10 heteroatoms. The van der Waals surface area contributed by atoms with Gasteiger partial charge in [0.15, 0.2) is 6.29 Å². The summed E-state index contributed by atoms with van der Waals surface area (Å²) in [6, 6.07) is 3.51. The Hall–Kier alpha value is -2.36. The Kier molecular flexibility index (Phi) is 4.46. The lowest BCUT2D eigenvalue weighted by atomic mass is 10.1. The summed E-state index contributed by atoms with van der Waals surface area (Å²) in [7, 11) is -3.60. The van der Waals surface area contributed by atoms with Crippen LogP contribution in [0.3, 0.4) is 0 Å². The Morgan fingerprint density at radius 3 is 2.57 bits per heavy atom. The van der Waals surface area contributed by atoms with Crippen LogP contribution in [0.1, 0.15) is 17.3 Å². The summed E-state index contributed by atoms with van der Waals surface area (Å²) in [5.74, 6) is -0.850. The lowest BCUT2D eigenvalue weighted by molar-refractivity contribution is -0.274. The first-order valence-electron chi connectivity index (χ1n) is 6.29. The Labute approximate surface area is 129 Å². The number of aldehydes is 1. The fourth-order valence-electron chi connectivity index (χ4n) is 1.76. The molecule has 1 aromatic carbocycles. The average molecular weight is 348 g/mol. The zero-order valence-electron chi connectivity index (χ0n) is 11.7. The highest BCUT2D eigenvalue weighted by atomic mass is 32.2. The number of aromatic nitrogens is 2. The van der Waals surface area contributed by atoms with Crippen molar-refractivity contribution in [3.8, 4) is 16.9 Å². The third-order valence-corrected chi connectivity index (χ3v) is 4.41. The number of ether oxygens (including phenoxy) is 1. The highest BCUT2D eigenvalue weighted by Crippen LogP contribution is 2.30. The predicted molar refractivity (Wildman–Crippen MR) is 74.6 cm³/mol. The smallest absolute Gasteiger partial charge is 0.405 e. The molecule has 0 bridgehead atoms. The zero-order chi connectivity index (χ0) is 17.3. The van der Waals surface area contributed by atoms with Crippen LogP contribution in [0.4, 0.5) is 13.2 Å². The molecule has 0 saturated carbocycles. The molecule has 0 unspecified atom stereocenters. The van der Waals surface area contributed by atoms with Crippen molar-refractivity contribution in [3.63, 3.8) is 0 Å². The molecule has 0 spiro atoms. The van der Waals surface area contributed by atoms with Gasteiger partial charge in [0.1, 0.15) is 5.75 Å². The molecule has 23 heavy (non-hydrogen) atoms. The molecule has 0 radical (unpaired) electrons. The van der Waals surface area contributed by atoms with E-state index in [1.807, 2.05) is 0 Å². The van der Waals surface area contributed by atoms with E-state index in [2.05, 4.69) is 9.84 Å². The van der Waals surface area contributed by atoms with Crippen LogP contribution in [0.15, 0.2) is 30.6 Å². The Morgan fingerprint density at radius 1 is 1.30 bits per heavy atom. The third-order valence-electron chi connectivity index (χ3n) is 2.91. The second kappa shape index (κ2) is 6.03. The topological polar surface area (TPSA) is 78.3 Å². The molecule has 0 aliphatic heterocycles. The van der Waals surface area contributed by atoms with Crippen molar-refractivity contribution in [1.82, 2.24) is 9.19 Å². The summed E-state index contributed by atoms with van der Waals surface area (Å²) in [4.78, 5) is 10.8. The van der Waals surface area contributed by atoms with E-state index in [0.29, 0.717) is 0 Å². The van der Waals surface area contributed by atoms with Gasteiger partial charge < -0.3 is 4.74 Å². The number of hydrogen-bond donors (Lipinski definition) is 0. The molecule has 0 N–H and O–H groups in total. The van der Waals surface area contributed by atoms with Gasteiger partial charge in [-0.2, -0.15) is 9.19 Å². The minimum Gasteiger partial charge on any atom is -0.405 e. The molecule has 6 nitrogen and oxygen atoms in total. The molecule has 1 heterocycles. The first-order valence-corrected chi connectivity index (χ1v) is 7.90. The minimum absolute atomic E-state index is 0.180. The largest absolute Gasteiger partial charge is 0.573 e. The minimum atomic E-state index is -4.95. The van der Waals surface area contributed by atoms with E-state index in [9.17, 15) is 26.4 Å². The van der Waals surface area contributed by atoms with Gasteiger partial charge in [-0.25, -0.2) is 8.42 Å². The van der Waals surface area contributed by atoms with Crippen LogP contribution >= 0.6 is 0 Å². The Balaban J connectivity index is 2.45. The van der Waals surface area contributed by atoms with Crippen LogP contribution in [0.5, 0.6) is 5.75 Å². The summed E-state index contributed by atoms with van der Waals surface area (Å²) >= 11 is 0. The van der Waals surface area contributed by atoms with Crippen molar-refractivity contribution >= 4 is 16.3 Å². The van der Waals surface area contributed by atoms with Crippen molar-refractivity contribution in [3.05, 3.63) is 36.2 Å².